The van der Waals surface area contributed by atoms with Crippen LogP contribution in [0.2, 0.25) is 5.15 Å². The second-order valence-electron chi connectivity index (χ2n) is 3.84. The monoisotopic (exact) mass is 223 g/mol. The van der Waals surface area contributed by atoms with Gasteiger partial charge < -0.3 is 10.2 Å². The van der Waals surface area contributed by atoms with Crippen LogP contribution in [0.1, 0.15) is 12.8 Å². The van der Waals surface area contributed by atoms with Gasteiger partial charge in [-0.05, 0) is 18.9 Å². The number of pyridine rings is 1. The first kappa shape index (κ1) is 8.97. The fourth-order valence-corrected chi connectivity index (χ4v) is 2.52. The largest absolute Gasteiger partial charge is 0.358 e. The fourth-order valence-electron chi connectivity index (χ4n) is 2.32. The highest BCUT2D eigenvalue weighted by Gasteiger charge is 2.37. The van der Waals surface area contributed by atoms with Crippen LogP contribution in [-0.4, -0.2) is 23.5 Å². The molecule has 1 aromatic rings. The molecule has 1 saturated heterocycles. The minimum Gasteiger partial charge on any atom is -0.358 e. The highest BCUT2D eigenvalue weighted by atomic mass is 35.5. The molecule has 78 valence electrons. The van der Waals surface area contributed by atoms with Crippen molar-refractivity contribution in [2.75, 3.05) is 16.8 Å². The highest BCUT2D eigenvalue weighted by Crippen LogP contribution is 2.39. The summed E-state index contributed by atoms with van der Waals surface area (Å²) in [5.41, 5.74) is 1.65. The molecule has 0 aromatic carbocycles. The molecule has 0 aliphatic carbocycles. The first-order valence-corrected chi connectivity index (χ1v) is 5.37. The lowest BCUT2D eigenvalue weighted by Gasteiger charge is -2.32. The molecule has 0 radical (unpaired) electrons. The Morgan fingerprint density at radius 3 is 3.33 bits per heavy atom. The van der Waals surface area contributed by atoms with Crippen LogP contribution in [0, 0.1) is 0 Å². The number of nitrogens with one attached hydrogen (secondary N) is 1. The average molecular weight is 224 g/mol. The SMILES string of the molecule is O=C1Nc2c(ccnc2Cl)N2CCCC12. The summed E-state index contributed by atoms with van der Waals surface area (Å²) in [6.45, 7) is 0.922. The maximum Gasteiger partial charge on any atom is 0.247 e. The summed E-state index contributed by atoms with van der Waals surface area (Å²) in [5.74, 6) is 0.0369. The summed E-state index contributed by atoms with van der Waals surface area (Å²) in [6, 6.07) is 1.88. The number of anilines is 2. The first-order valence-electron chi connectivity index (χ1n) is 4.99. The van der Waals surface area contributed by atoms with Gasteiger partial charge in [0.25, 0.3) is 0 Å². The minimum atomic E-state index is -0.0176. The van der Waals surface area contributed by atoms with E-state index in [0.29, 0.717) is 10.8 Å². The fraction of sp³-hybridized carbons (Fsp3) is 0.400. The smallest absolute Gasteiger partial charge is 0.247 e. The van der Waals surface area contributed by atoms with Gasteiger partial charge in [0.05, 0.1) is 5.69 Å². The van der Waals surface area contributed by atoms with E-state index in [9.17, 15) is 4.79 Å². The molecule has 1 atom stereocenters. The summed E-state index contributed by atoms with van der Waals surface area (Å²) in [7, 11) is 0. The van der Waals surface area contributed by atoms with Gasteiger partial charge in [0.2, 0.25) is 5.91 Å². The Labute approximate surface area is 92.2 Å². The lowest BCUT2D eigenvalue weighted by molar-refractivity contribution is -0.117. The van der Waals surface area contributed by atoms with Gasteiger partial charge in [0, 0.05) is 12.7 Å². The molecule has 2 aliphatic rings. The summed E-state index contributed by atoms with van der Waals surface area (Å²) < 4.78 is 0. The molecule has 3 heterocycles. The number of halogens is 1. The van der Waals surface area contributed by atoms with Crippen molar-refractivity contribution in [1.29, 1.82) is 0 Å². The third kappa shape index (κ3) is 1.21. The molecule has 0 saturated carbocycles. The van der Waals surface area contributed by atoms with Crippen molar-refractivity contribution >= 4 is 28.9 Å². The van der Waals surface area contributed by atoms with Gasteiger partial charge in [-0.25, -0.2) is 4.98 Å². The van der Waals surface area contributed by atoms with Crippen molar-refractivity contribution in [3.63, 3.8) is 0 Å². The van der Waals surface area contributed by atoms with Gasteiger partial charge in [0.1, 0.15) is 11.7 Å². The van der Waals surface area contributed by atoms with Crippen LogP contribution in [0.15, 0.2) is 12.3 Å². The van der Waals surface area contributed by atoms with Crippen molar-refractivity contribution in [3.8, 4) is 0 Å². The number of carbonyl (C=O) groups is 1. The molecule has 2 aliphatic heterocycles. The van der Waals surface area contributed by atoms with E-state index >= 15 is 0 Å². The van der Waals surface area contributed by atoms with Crippen molar-refractivity contribution < 1.29 is 4.79 Å². The van der Waals surface area contributed by atoms with Crippen LogP contribution in [0.25, 0.3) is 0 Å². The lowest BCUT2D eigenvalue weighted by atomic mass is 10.1. The summed E-state index contributed by atoms with van der Waals surface area (Å²) >= 11 is 5.95. The molecule has 0 bridgehead atoms. The third-order valence-corrected chi connectivity index (χ3v) is 3.28. The van der Waals surface area contributed by atoms with Gasteiger partial charge in [-0.15, -0.1) is 0 Å². The van der Waals surface area contributed by atoms with E-state index in [1.807, 2.05) is 6.07 Å². The Morgan fingerprint density at radius 2 is 2.47 bits per heavy atom. The normalized spacial score (nSPS) is 23.4. The zero-order valence-electron chi connectivity index (χ0n) is 8.03. The van der Waals surface area contributed by atoms with E-state index < -0.39 is 0 Å². The molecule has 0 spiro atoms. The maximum atomic E-state index is 11.8. The number of hydrogen-bond donors (Lipinski definition) is 1. The second-order valence-corrected chi connectivity index (χ2v) is 4.19. The molecule has 5 heteroatoms. The van der Waals surface area contributed by atoms with Crippen LogP contribution < -0.4 is 10.2 Å². The molecule has 3 rings (SSSR count). The van der Waals surface area contributed by atoms with Crippen LogP contribution >= 0.6 is 11.6 Å². The van der Waals surface area contributed by atoms with Crippen molar-refractivity contribution in [3.05, 3.63) is 17.4 Å². The molecule has 15 heavy (non-hydrogen) atoms. The van der Waals surface area contributed by atoms with Gasteiger partial charge in [-0.3, -0.25) is 4.79 Å². The molecule has 1 fully saturated rings. The van der Waals surface area contributed by atoms with E-state index in [4.69, 9.17) is 11.6 Å². The maximum absolute atomic E-state index is 11.8. The summed E-state index contributed by atoms with van der Waals surface area (Å²) in [5, 5.41) is 3.19. The number of hydrogen-bond acceptors (Lipinski definition) is 3. The van der Waals surface area contributed by atoms with E-state index in [1.165, 1.54) is 0 Å². The van der Waals surface area contributed by atoms with Gasteiger partial charge >= 0.3 is 0 Å². The van der Waals surface area contributed by atoms with Crippen LogP contribution in [0.3, 0.4) is 0 Å². The number of fused-ring (bicyclic) bond motifs is 3. The van der Waals surface area contributed by atoms with E-state index in [1.54, 1.807) is 6.20 Å². The molecule has 1 aromatic heterocycles. The number of rotatable bonds is 0. The van der Waals surface area contributed by atoms with E-state index in [0.717, 1.165) is 25.1 Å². The Bertz CT molecular complexity index is 435. The highest BCUT2D eigenvalue weighted by molar-refractivity contribution is 6.33. The van der Waals surface area contributed by atoms with Gasteiger partial charge in [-0.1, -0.05) is 11.6 Å². The summed E-state index contributed by atoms with van der Waals surface area (Å²) in [6.07, 6.45) is 3.65. The Balaban J connectivity index is 2.15. The van der Waals surface area contributed by atoms with Crippen molar-refractivity contribution in [2.24, 2.45) is 0 Å². The zero-order valence-corrected chi connectivity index (χ0v) is 8.79. The standard InChI is InChI=1S/C10H10ClN3O/c11-9-8-6(3-4-12-9)14-5-1-2-7(14)10(15)13-8/h3-4,7H,1-2,5H2,(H,13,15). The van der Waals surface area contributed by atoms with Crippen molar-refractivity contribution in [1.82, 2.24) is 4.98 Å². The number of nitrogens with zero attached hydrogens (tertiary/aromatic N) is 2. The molecule has 4 nitrogen and oxygen atoms in total. The molecule has 1 amide bonds. The van der Waals surface area contributed by atoms with Gasteiger partial charge in [-0.2, -0.15) is 0 Å². The third-order valence-electron chi connectivity index (χ3n) is 3.00. The molecular formula is C10H10ClN3O. The Morgan fingerprint density at radius 1 is 1.60 bits per heavy atom. The van der Waals surface area contributed by atoms with Crippen molar-refractivity contribution in [2.45, 2.75) is 18.9 Å². The number of carbonyl (C=O) groups excluding carboxylic acids is 1. The number of amides is 1. The number of aromatic nitrogens is 1. The predicted molar refractivity (Wildman–Crippen MR) is 58.2 cm³/mol. The molecule has 1 unspecified atom stereocenters. The predicted octanol–water partition coefficient (Wildman–Crippen LogP) is 1.66. The van der Waals surface area contributed by atoms with Crippen LogP contribution in [0.4, 0.5) is 11.4 Å². The average Bonchev–Trinajstić information content (AvgIpc) is 2.69. The van der Waals surface area contributed by atoms with Gasteiger partial charge in [0.15, 0.2) is 5.15 Å². The Kier molecular flexibility index (Phi) is 1.85. The quantitative estimate of drug-likeness (QED) is 0.681. The topological polar surface area (TPSA) is 45.2 Å². The minimum absolute atomic E-state index is 0.0176. The lowest BCUT2D eigenvalue weighted by Crippen LogP contribution is -2.44. The second kappa shape index (κ2) is 3.10. The zero-order chi connectivity index (χ0) is 10.4. The van der Waals surface area contributed by atoms with E-state index in [2.05, 4.69) is 15.2 Å². The summed E-state index contributed by atoms with van der Waals surface area (Å²) in [4.78, 5) is 17.8. The van der Waals surface area contributed by atoms with Crippen LogP contribution in [0.5, 0.6) is 0 Å². The molecule has 1 N–H and O–H groups in total. The Hall–Kier alpha value is -1.29. The first-order chi connectivity index (χ1) is 7.27. The van der Waals surface area contributed by atoms with Crippen LogP contribution in [-0.2, 0) is 4.79 Å². The van der Waals surface area contributed by atoms with E-state index in [-0.39, 0.29) is 11.9 Å². The molecular weight excluding hydrogens is 214 g/mol.